The number of benzene rings is 3. The average Bonchev–Trinajstić information content (AvgIpc) is 2.92. The van der Waals surface area contributed by atoms with Gasteiger partial charge in [-0.3, -0.25) is 9.98 Å². The second kappa shape index (κ2) is 10.2. The SMILES string of the molecule is C=NC1=C(N(Cc2cc(C)cc(-c3cccnc3)c2)c2ccccc2)NCC(c2ccccc2)=C1. The highest BCUT2D eigenvalue weighted by atomic mass is 15.3. The summed E-state index contributed by atoms with van der Waals surface area (Å²) in [6.45, 7) is 7.43. The average molecular weight is 457 g/mol. The topological polar surface area (TPSA) is 40.5 Å². The van der Waals surface area contributed by atoms with E-state index < -0.39 is 0 Å². The van der Waals surface area contributed by atoms with Gasteiger partial charge in [0, 0.05) is 36.7 Å². The van der Waals surface area contributed by atoms with Crippen molar-refractivity contribution in [1.29, 1.82) is 0 Å². The van der Waals surface area contributed by atoms with Crippen molar-refractivity contribution >= 4 is 18.0 Å². The van der Waals surface area contributed by atoms with Gasteiger partial charge in [0.15, 0.2) is 0 Å². The van der Waals surface area contributed by atoms with E-state index in [1.807, 2.05) is 24.4 Å². The minimum absolute atomic E-state index is 0.689. The number of allylic oxidation sites excluding steroid dienone is 1. The van der Waals surface area contributed by atoms with E-state index in [9.17, 15) is 0 Å². The first-order valence-electron chi connectivity index (χ1n) is 11.8. The third kappa shape index (κ3) is 5.07. The summed E-state index contributed by atoms with van der Waals surface area (Å²) in [5.41, 5.74) is 9.01. The van der Waals surface area contributed by atoms with Crippen LogP contribution in [-0.4, -0.2) is 18.2 Å². The second-order valence-electron chi connectivity index (χ2n) is 8.65. The third-order valence-electron chi connectivity index (χ3n) is 6.13. The Balaban J connectivity index is 1.56. The van der Waals surface area contributed by atoms with Gasteiger partial charge in [-0.05, 0) is 66.2 Å². The lowest BCUT2D eigenvalue weighted by molar-refractivity contribution is 0.769. The maximum atomic E-state index is 4.42. The number of nitrogens with one attached hydrogen (secondary N) is 1. The van der Waals surface area contributed by atoms with E-state index in [1.54, 1.807) is 6.20 Å². The molecule has 172 valence electrons. The van der Waals surface area contributed by atoms with Crippen molar-refractivity contribution in [1.82, 2.24) is 10.3 Å². The highest BCUT2D eigenvalue weighted by Gasteiger charge is 2.21. The molecule has 4 nitrogen and oxygen atoms in total. The molecule has 2 heterocycles. The Morgan fingerprint density at radius 2 is 1.63 bits per heavy atom. The Morgan fingerprint density at radius 1 is 0.886 bits per heavy atom. The van der Waals surface area contributed by atoms with E-state index in [0.717, 1.165) is 29.3 Å². The zero-order valence-electron chi connectivity index (χ0n) is 19.9. The van der Waals surface area contributed by atoms with Crippen molar-refractivity contribution in [3.63, 3.8) is 0 Å². The molecule has 0 radical (unpaired) electrons. The second-order valence-corrected chi connectivity index (χ2v) is 8.65. The Morgan fingerprint density at radius 3 is 2.34 bits per heavy atom. The molecule has 35 heavy (non-hydrogen) atoms. The molecule has 4 aromatic rings. The number of hydrogen-bond acceptors (Lipinski definition) is 4. The van der Waals surface area contributed by atoms with Crippen molar-refractivity contribution in [3.05, 3.63) is 138 Å². The number of aromatic nitrogens is 1. The van der Waals surface area contributed by atoms with Crippen molar-refractivity contribution in [2.75, 3.05) is 11.4 Å². The van der Waals surface area contributed by atoms with E-state index in [0.29, 0.717) is 6.54 Å². The normalized spacial score (nSPS) is 13.1. The molecule has 0 saturated heterocycles. The summed E-state index contributed by atoms with van der Waals surface area (Å²) >= 11 is 0. The minimum atomic E-state index is 0.689. The number of aryl methyl sites for hydroxylation is 1. The molecule has 1 aromatic heterocycles. The van der Waals surface area contributed by atoms with Crippen LogP contribution in [0.3, 0.4) is 0 Å². The van der Waals surface area contributed by atoms with Crippen molar-refractivity contribution < 1.29 is 0 Å². The summed E-state index contributed by atoms with van der Waals surface area (Å²) in [4.78, 5) is 11.0. The number of anilines is 1. The fourth-order valence-corrected chi connectivity index (χ4v) is 4.49. The largest absolute Gasteiger partial charge is 0.366 e. The Bertz CT molecular complexity index is 1370. The molecule has 0 unspecified atom stereocenters. The van der Waals surface area contributed by atoms with E-state index in [2.05, 4.69) is 113 Å². The molecule has 0 atom stereocenters. The predicted molar refractivity (Wildman–Crippen MR) is 146 cm³/mol. The summed E-state index contributed by atoms with van der Waals surface area (Å²) < 4.78 is 0. The van der Waals surface area contributed by atoms with Crippen LogP contribution in [0.25, 0.3) is 16.7 Å². The Hall–Kier alpha value is -4.44. The number of rotatable bonds is 7. The van der Waals surface area contributed by atoms with Crippen LogP contribution in [0.2, 0.25) is 0 Å². The maximum Gasteiger partial charge on any atom is 0.133 e. The Kier molecular flexibility index (Phi) is 6.53. The molecule has 1 aliphatic rings. The number of para-hydroxylation sites is 1. The molecule has 0 fully saturated rings. The molecule has 4 heteroatoms. The van der Waals surface area contributed by atoms with Gasteiger partial charge < -0.3 is 10.2 Å². The first kappa shape index (κ1) is 22.4. The first-order valence-corrected chi connectivity index (χ1v) is 11.8. The fraction of sp³-hybridized carbons (Fsp3) is 0.0968. The van der Waals surface area contributed by atoms with Crippen LogP contribution in [0.5, 0.6) is 0 Å². The lowest BCUT2D eigenvalue weighted by atomic mass is 10.0. The molecule has 1 N–H and O–H groups in total. The van der Waals surface area contributed by atoms with Crippen LogP contribution in [0, 0.1) is 6.92 Å². The van der Waals surface area contributed by atoms with Crippen molar-refractivity contribution in [2.45, 2.75) is 13.5 Å². The highest BCUT2D eigenvalue weighted by molar-refractivity contribution is 5.73. The van der Waals surface area contributed by atoms with Crippen LogP contribution in [0.15, 0.2) is 126 Å². The molecule has 0 bridgehead atoms. The number of nitrogens with zero attached hydrogens (tertiary/aromatic N) is 3. The monoisotopic (exact) mass is 456 g/mol. The van der Waals surface area contributed by atoms with Crippen LogP contribution in [-0.2, 0) is 6.54 Å². The third-order valence-corrected chi connectivity index (χ3v) is 6.13. The van der Waals surface area contributed by atoms with E-state index in [1.165, 1.54) is 27.8 Å². The van der Waals surface area contributed by atoms with E-state index >= 15 is 0 Å². The summed E-state index contributed by atoms with van der Waals surface area (Å²) in [5, 5.41) is 3.64. The van der Waals surface area contributed by atoms with Gasteiger partial charge in [-0.1, -0.05) is 72.3 Å². The lowest BCUT2D eigenvalue weighted by Gasteiger charge is -2.32. The van der Waals surface area contributed by atoms with Gasteiger partial charge in [-0.2, -0.15) is 0 Å². The quantitative estimate of drug-likeness (QED) is 0.318. The molecular weight excluding hydrogens is 428 g/mol. The van der Waals surface area contributed by atoms with Crippen LogP contribution < -0.4 is 10.2 Å². The minimum Gasteiger partial charge on any atom is -0.366 e. The fourth-order valence-electron chi connectivity index (χ4n) is 4.49. The van der Waals surface area contributed by atoms with E-state index in [-0.39, 0.29) is 0 Å². The van der Waals surface area contributed by atoms with Gasteiger partial charge in [-0.25, -0.2) is 0 Å². The molecule has 1 aliphatic heterocycles. The van der Waals surface area contributed by atoms with Gasteiger partial charge in [0.05, 0.1) is 0 Å². The van der Waals surface area contributed by atoms with Crippen LogP contribution in [0.1, 0.15) is 16.7 Å². The molecule has 0 amide bonds. The first-order chi connectivity index (χ1) is 17.2. The smallest absolute Gasteiger partial charge is 0.133 e. The zero-order valence-corrected chi connectivity index (χ0v) is 19.9. The standard InChI is InChI=1S/C31H28N4/c1-23-16-24(18-27(17-23)26-12-9-15-33-20-26)22-35(29-13-7-4-8-14-29)31-30(32-2)19-28(21-34-31)25-10-5-3-6-11-25/h3-20,34H,2,21-22H2,1H3. The number of aliphatic imine (C=N–C) groups is 1. The molecule has 3 aromatic carbocycles. The summed E-state index contributed by atoms with van der Waals surface area (Å²) in [7, 11) is 0. The lowest BCUT2D eigenvalue weighted by Crippen LogP contribution is -2.35. The predicted octanol–water partition coefficient (Wildman–Crippen LogP) is 6.62. The van der Waals surface area contributed by atoms with Crippen molar-refractivity contribution in [2.24, 2.45) is 4.99 Å². The van der Waals surface area contributed by atoms with Gasteiger partial charge >= 0.3 is 0 Å². The molecule has 0 aliphatic carbocycles. The molecule has 0 saturated carbocycles. The number of dihydropyridines is 1. The number of hydrogen-bond donors (Lipinski definition) is 1. The zero-order chi connectivity index (χ0) is 24.0. The van der Waals surface area contributed by atoms with Gasteiger partial charge in [-0.15, -0.1) is 0 Å². The summed E-state index contributed by atoms with van der Waals surface area (Å²) in [5.74, 6) is 0.954. The summed E-state index contributed by atoms with van der Waals surface area (Å²) in [6.07, 6.45) is 5.86. The number of pyridine rings is 1. The molecule has 0 spiro atoms. The molecular formula is C31H28N4. The van der Waals surface area contributed by atoms with E-state index in [4.69, 9.17) is 0 Å². The summed E-state index contributed by atoms with van der Waals surface area (Å²) in [6, 6.07) is 31.6. The molecule has 5 rings (SSSR count). The maximum absolute atomic E-state index is 4.42. The van der Waals surface area contributed by atoms with Crippen LogP contribution >= 0.6 is 0 Å². The highest BCUT2D eigenvalue weighted by Crippen LogP contribution is 2.30. The van der Waals surface area contributed by atoms with Crippen molar-refractivity contribution in [3.8, 4) is 11.1 Å². The Labute approximate surface area is 207 Å². The van der Waals surface area contributed by atoms with Crippen LogP contribution in [0.4, 0.5) is 5.69 Å². The van der Waals surface area contributed by atoms with Gasteiger partial charge in [0.1, 0.15) is 11.5 Å². The van der Waals surface area contributed by atoms with Gasteiger partial charge in [0.25, 0.3) is 0 Å². The van der Waals surface area contributed by atoms with Gasteiger partial charge in [0.2, 0.25) is 0 Å².